The molecule has 0 bridgehead atoms. The molecule has 0 fully saturated rings. The first-order chi connectivity index (χ1) is 10.4. The van der Waals surface area contributed by atoms with E-state index in [2.05, 4.69) is 4.98 Å². The molecule has 2 heterocycles. The summed E-state index contributed by atoms with van der Waals surface area (Å²) in [5, 5.41) is 18.5. The SMILES string of the molecule is Cn1c(=O)n(CC[NH+](C)C)c(=O)c2c1ncn2C[C@@H](O)CO. The lowest BCUT2D eigenvalue weighted by molar-refractivity contribution is -0.859. The minimum Gasteiger partial charge on any atom is -0.394 e. The van der Waals surface area contributed by atoms with Crippen LogP contribution in [0, 0.1) is 0 Å². The minimum absolute atomic E-state index is 0.0410. The maximum Gasteiger partial charge on any atom is 0.332 e. The highest BCUT2D eigenvalue weighted by Crippen LogP contribution is 2.06. The van der Waals surface area contributed by atoms with Gasteiger partial charge in [-0.3, -0.25) is 13.9 Å². The number of aryl methyl sites for hydroxylation is 1. The fourth-order valence-electron chi connectivity index (χ4n) is 2.28. The smallest absolute Gasteiger partial charge is 0.332 e. The molecule has 0 aromatic carbocycles. The summed E-state index contributed by atoms with van der Waals surface area (Å²) in [7, 11) is 5.44. The molecule has 3 N–H and O–H groups in total. The first-order valence-electron chi connectivity index (χ1n) is 7.09. The molecule has 2 aromatic heterocycles. The topological polar surface area (TPSA) is 107 Å². The third kappa shape index (κ3) is 2.96. The van der Waals surface area contributed by atoms with Crippen LogP contribution in [0.3, 0.4) is 0 Å². The highest BCUT2D eigenvalue weighted by Gasteiger charge is 2.17. The molecule has 0 saturated heterocycles. The number of aliphatic hydroxyl groups excluding tert-OH is 2. The third-order valence-corrected chi connectivity index (χ3v) is 3.56. The molecule has 1 atom stereocenters. The van der Waals surface area contributed by atoms with Crippen molar-refractivity contribution in [1.29, 1.82) is 0 Å². The van der Waals surface area contributed by atoms with Gasteiger partial charge in [-0.15, -0.1) is 0 Å². The molecule has 9 heteroatoms. The second-order valence-corrected chi connectivity index (χ2v) is 5.66. The van der Waals surface area contributed by atoms with E-state index in [4.69, 9.17) is 5.11 Å². The Morgan fingerprint density at radius 2 is 2.05 bits per heavy atom. The summed E-state index contributed by atoms with van der Waals surface area (Å²) in [5.41, 5.74) is -0.314. The van der Waals surface area contributed by atoms with Crippen LogP contribution in [-0.4, -0.2) is 62.2 Å². The average Bonchev–Trinajstić information content (AvgIpc) is 2.88. The van der Waals surface area contributed by atoms with E-state index in [1.165, 1.54) is 20.0 Å². The van der Waals surface area contributed by atoms with Crippen molar-refractivity contribution < 1.29 is 15.1 Å². The molecule has 0 aliphatic heterocycles. The number of aromatic nitrogens is 4. The number of aliphatic hydroxyl groups is 2. The van der Waals surface area contributed by atoms with Crippen molar-refractivity contribution in [2.24, 2.45) is 7.05 Å². The molecule has 2 aromatic rings. The number of nitrogens with zero attached hydrogens (tertiary/aromatic N) is 4. The largest absolute Gasteiger partial charge is 0.394 e. The number of fused-ring (bicyclic) bond motifs is 1. The molecule has 0 amide bonds. The maximum absolute atomic E-state index is 12.6. The molecular weight excluding hydrogens is 290 g/mol. The van der Waals surface area contributed by atoms with Crippen molar-refractivity contribution in [3.8, 4) is 0 Å². The molecule has 22 heavy (non-hydrogen) atoms. The Hall–Kier alpha value is -1.97. The van der Waals surface area contributed by atoms with Gasteiger partial charge in [0.2, 0.25) is 0 Å². The van der Waals surface area contributed by atoms with E-state index in [0.717, 1.165) is 4.90 Å². The summed E-state index contributed by atoms with van der Waals surface area (Å²) in [4.78, 5) is 30.1. The molecule has 0 unspecified atom stereocenters. The van der Waals surface area contributed by atoms with Gasteiger partial charge < -0.3 is 19.7 Å². The number of rotatable bonds is 6. The van der Waals surface area contributed by atoms with Crippen LogP contribution in [0.25, 0.3) is 11.2 Å². The van der Waals surface area contributed by atoms with Crippen LogP contribution in [0.4, 0.5) is 0 Å². The normalized spacial score (nSPS) is 13.2. The van der Waals surface area contributed by atoms with Gasteiger partial charge in [0, 0.05) is 7.05 Å². The van der Waals surface area contributed by atoms with E-state index in [0.29, 0.717) is 13.1 Å². The second-order valence-electron chi connectivity index (χ2n) is 5.66. The maximum atomic E-state index is 12.6. The zero-order valence-corrected chi connectivity index (χ0v) is 13.0. The van der Waals surface area contributed by atoms with Crippen molar-refractivity contribution >= 4 is 11.2 Å². The van der Waals surface area contributed by atoms with Crippen molar-refractivity contribution in [3.05, 3.63) is 27.2 Å². The molecular formula is C13H22N5O4+. The van der Waals surface area contributed by atoms with Crippen LogP contribution in [-0.2, 0) is 20.1 Å². The van der Waals surface area contributed by atoms with Crippen LogP contribution < -0.4 is 16.1 Å². The summed E-state index contributed by atoms with van der Waals surface area (Å²) in [6, 6.07) is 0. The highest BCUT2D eigenvalue weighted by atomic mass is 16.3. The summed E-state index contributed by atoms with van der Waals surface area (Å²) < 4.78 is 3.97. The Labute approximate surface area is 126 Å². The van der Waals surface area contributed by atoms with Crippen molar-refractivity contribution in [2.75, 3.05) is 27.2 Å². The monoisotopic (exact) mass is 312 g/mol. The number of hydrogen-bond acceptors (Lipinski definition) is 5. The summed E-state index contributed by atoms with van der Waals surface area (Å²) in [6.07, 6.45) is 0.403. The quantitative estimate of drug-likeness (QED) is 0.511. The lowest BCUT2D eigenvalue weighted by Gasteiger charge is -2.12. The second kappa shape index (κ2) is 6.42. The van der Waals surface area contributed by atoms with Crippen molar-refractivity contribution in [3.63, 3.8) is 0 Å². The highest BCUT2D eigenvalue weighted by molar-refractivity contribution is 5.69. The number of quaternary nitrogens is 1. The zero-order valence-electron chi connectivity index (χ0n) is 13.0. The predicted molar refractivity (Wildman–Crippen MR) is 80.0 cm³/mol. The Bertz CT molecular complexity index is 773. The van der Waals surface area contributed by atoms with Crippen LogP contribution >= 0.6 is 0 Å². The van der Waals surface area contributed by atoms with Crippen LogP contribution in [0.2, 0.25) is 0 Å². The number of hydrogen-bond donors (Lipinski definition) is 3. The molecule has 0 spiro atoms. The van der Waals surface area contributed by atoms with Gasteiger partial charge in [-0.25, -0.2) is 9.78 Å². The van der Waals surface area contributed by atoms with Gasteiger partial charge in [0.25, 0.3) is 5.56 Å². The van der Waals surface area contributed by atoms with E-state index in [1.807, 2.05) is 14.1 Å². The van der Waals surface area contributed by atoms with Crippen molar-refractivity contribution in [1.82, 2.24) is 18.7 Å². The van der Waals surface area contributed by atoms with Gasteiger partial charge in [-0.05, 0) is 0 Å². The fraction of sp³-hybridized carbons (Fsp3) is 0.615. The Morgan fingerprint density at radius 1 is 1.36 bits per heavy atom. The van der Waals surface area contributed by atoms with Gasteiger partial charge in [-0.2, -0.15) is 0 Å². The van der Waals surface area contributed by atoms with E-state index < -0.39 is 24.0 Å². The van der Waals surface area contributed by atoms with Gasteiger partial charge in [0.1, 0.15) is 0 Å². The van der Waals surface area contributed by atoms with Crippen LogP contribution in [0.1, 0.15) is 0 Å². The summed E-state index contributed by atoms with van der Waals surface area (Å²) in [6.45, 7) is 0.564. The van der Waals surface area contributed by atoms with Crippen molar-refractivity contribution in [2.45, 2.75) is 19.2 Å². The minimum atomic E-state index is -0.992. The third-order valence-electron chi connectivity index (χ3n) is 3.56. The van der Waals surface area contributed by atoms with Gasteiger partial charge in [0.15, 0.2) is 11.2 Å². The molecule has 122 valence electrons. The standard InChI is InChI=1S/C13H21N5O4/c1-15(2)4-5-18-12(21)10-11(16(3)13(18)22)14-8-17(10)6-9(20)7-19/h8-9,19-20H,4-7H2,1-3H3/p+1/t9-/m1/s1. The fourth-order valence-corrected chi connectivity index (χ4v) is 2.28. The van der Waals surface area contributed by atoms with Gasteiger partial charge >= 0.3 is 5.69 Å². The summed E-state index contributed by atoms with van der Waals surface area (Å²) in [5.74, 6) is 0. The molecule has 9 nitrogen and oxygen atoms in total. The number of imidazole rings is 1. The lowest BCUT2D eigenvalue weighted by Crippen LogP contribution is -3.06. The van der Waals surface area contributed by atoms with E-state index in [9.17, 15) is 14.7 Å². The zero-order chi connectivity index (χ0) is 16.4. The van der Waals surface area contributed by atoms with E-state index in [-0.39, 0.29) is 17.7 Å². The van der Waals surface area contributed by atoms with E-state index in [1.54, 1.807) is 7.05 Å². The predicted octanol–water partition coefficient (Wildman–Crippen LogP) is -3.61. The van der Waals surface area contributed by atoms with E-state index >= 15 is 0 Å². The number of nitrogens with one attached hydrogen (secondary N) is 1. The molecule has 0 saturated carbocycles. The van der Waals surface area contributed by atoms with Gasteiger partial charge in [0.05, 0.1) is 52.8 Å². The Morgan fingerprint density at radius 3 is 2.64 bits per heavy atom. The van der Waals surface area contributed by atoms with Gasteiger partial charge in [-0.1, -0.05) is 0 Å². The van der Waals surface area contributed by atoms with Crippen LogP contribution in [0.5, 0.6) is 0 Å². The average molecular weight is 312 g/mol. The first-order valence-corrected chi connectivity index (χ1v) is 7.09. The Kier molecular flexibility index (Phi) is 4.79. The number of likely N-dealkylation sites (N-methyl/N-ethyl adjacent to an activating group) is 1. The lowest BCUT2D eigenvalue weighted by atomic mass is 10.3. The molecule has 0 aliphatic rings. The Balaban J connectivity index is 2.60. The molecule has 0 aliphatic carbocycles. The summed E-state index contributed by atoms with van der Waals surface area (Å²) >= 11 is 0. The first kappa shape index (κ1) is 16.4. The van der Waals surface area contributed by atoms with Crippen LogP contribution in [0.15, 0.2) is 15.9 Å². The molecule has 0 radical (unpaired) electrons. The molecule has 2 rings (SSSR count).